The van der Waals surface area contributed by atoms with Gasteiger partial charge in [0.2, 0.25) is 0 Å². The largest absolute Gasteiger partial charge is 0.330 e. The number of benzene rings is 1. The molecule has 110 valence electrons. The average Bonchev–Trinajstić information content (AvgIpc) is 2.48. The second-order valence-corrected chi connectivity index (χ2v) is 5.93. The molecule has 0 saturated carbocycles. The van der Waals surface area contributed by atoms with Gasteiger partial charge >= 0.3 is 0 Å². The summed E-state index contributed by atoms with van der Waals surface area (Å²) in [5.41, 5.74) is 2.32. The zero-order chi connectivity index (χ0) is 14.7. The lowest BCUT2D eigenvalue weighted by molar-refractivity contribution is -0.919. The molecule has 0 atom stereocenters. The van der Waals surface area contributed by atoms with E-state index in [9.17, 15) is 4.79 Å². The molecule has 1 aliphatic rings. The minimum absolute atomic E-state index is 0.0453. The van der Waals surface area contributed by atoms with Gasteiger partial charge in [0.15, 0.2) is 0 Å². The van der Waals surface area contributed by atoms with Crippen molar-refractivity contribution in [2.24, 2.45) is 0 Å². The van der Waals surface area contributed by atoms with E-state index in [1.165, 1.54) is 23.3 Å². The van der Waals surface area contributed by atoms with Gasteiger partial charge < -0.3 is 9.88 Å². The molecule has 0 spiro atoms. The number of rotatable bonds is 3. The molecule has 0 unspecified atom stereocenters. The van der Waals surface area contributed by atoms with Crippen molar-refractivity contribution in [2.75, 3.05) is 13.1 Å². The maximum atomic E-state index is 11.5. The Labute approximate surface area is 124 Å². The number of hydrogen-bond acceptors (Lipinski definition) is 2. The van der Waals surface area contributed by atoms with Crippen molar-refractivity contribution < 1.29 is 4.90 Å². The van der Waals surface area contributed by atoms with E-state index in [0.29, 0.717) is 11.7 Å². The van der Waals surface area contributed by atoms with Gasteiger partial charge in [0.25, 0.3) is 5.56 Å². The van der Waals surface area contributed by atoms with Gasteiger partial charge in [-0.15, -0.1) is 0 Å². The molecule has 4 nitrogen and oxygen atoms in total. The summed E-state index contributed by atoms with van der Waals surface area (Å²) >= 11 is 0. The van der Waals surface area contributed by atoms with Gasteiger partial charge in [-0.2, -0.15) is 0 Å². The maximum absolute atomic E-state index is 11.5. The van der Waals surface area contributed by atoms with E-state index in [2.05, 4.69) is 40.3 Å². The summed E-state index contributed by atoms with van der Waals surface area (Å²) in [4.78, 5) is 20.1. The number of nitrogens with zero attached hydrogens (tertiary/aromatic N) is 1. The molecule has 3 rings (SSSR count). The Hall–Kier alpha value is -1.94. The van der Waals surface area contributed by atoms with E-state index in [1.807, 2.05) is 6.92 Å². The van der Waals surface area contributed by atoms with Crippen molar-refractivity contribution in [1.82, 2.24) is 9.97 Å². The predicted molar refractivity (Wildman–Crippen MR) is 82.4 cm³/mol. The van der Waals surface area contributed by atoms with Crippen LogP contribution in [-0.4, -0.2) is 23.1 Å². The molecule has 4 heteroatoms. The zero-order valence-corrected chi connectivity index (χ0v) is 12.4. The summed E-state index contributed by atoms with van der Waals surface area (Å²) in [6.07, 6.45) is 2.42. The molecule has 1 saturated heterocycles. The first kappa shape index (κ1) is 14.0. The Morgan fingerprint density at radius 2 is 1.95 bits per heavy atom. The first-order valence-electron chi connectivity index (χ1n) is 7.66. The van der Waals surface area contributed by atoms with E-state index in [-0.39, 0.29) is 5.56 Å². The van der Waals surface area contributed by atoms with Gasteiger partial charge in [0.1, 0.15) is 18.1 Å². The molecule has 2 N–H and O–H groups in total. The molecule has 0 bridgehead atoms. The van der Waals surface area contributed by atoms with Crippen LogP contribution in [0.4, 0.5) is 0 Å². The summed E-state index contributed by atoms with van der Waals surface area (Å²) in [6, 6.07) is 12.4. The number of quaternary nitrogens is 1. The topological polar surface area (TPSA) is 50.2 Å². The summed E-state index contributed by atoms with van der Waals surface area (Å²) in [5.74, 6) is 1.39. The Kier molecular flexibility index (Phi) is 4.15. The number of piperidine rings is 1. The van der Waals surface area contributed by atoms with Crippen LogP contribution in [0.5, 0.6) is 0 Å². The number of aromatic amines is 1. The van der Waals surface area contributed by atoms with Crippen LogP contribution in [0.3, 0.4) is 0 Å². The highest BCUT2D eigenvalue weighted by molar-refractivity contribution is 5.19. The van der Waals surface area contributed by atoms with Crippen LogP contribution < -0.4 is 10.5 Å². The molecule has 1 aliphatic heterocycles. The third kappa shape index (κ3) is 3.58. The third-order valence-electron chi connectivity index (χ3n) is 4.31. The van der Waals surface area contributed by atoms with Crippen LogP contribution in [0.15, 0.2) is 41.2 Å². The highest BCUT2D eigenvalue weighted by atomic mass is 16.1. The van der Waals surface area contributed by atoms with Crippen molar-refractivity contribution in [3.05, 3.63) is 63.8 Å². The van der Waals surface area contributed by atoms with Gasteiger partial charge in [0, 0.05) is 18.9 Å². The Balaban J connectivity index is 1.60. The van der Waals surface area contributed by atoms with E-state index < -0.39 is 0 Å². The van der Waals surface area contributed by atoms with Crippen LogP contribution in [0.1, 0.15) is 35.8 Å². The fraction of sp³-hybridized carbons (Fsp3) is 0.412. The SMILES string of the molecule is Cc1nc(C[NH+]2CCC(c3ccccc3)CC2)cc(=O)[nH]1. The Morgan fingerprint density at radius 3 is 2.62 bits per heavy atom. The maximum Gasteiger partial charge on any atom is 0.251 e. The first-order valence-corrected chi connectivity index (χ1v) is 7.66. The molecule has 1 aromatic carbocycles. The minimum atomic E-state index is -0.0453. The number of H-pyrrole nitrogens is 1. The van der Waals surface area contributed by atoms with Gasteiger partial charge in [-0.25, -0.2) is 4.98 Å². The molecule has 1 aromatic heterocycles. The molecule has 2 heterocycles. The van der Waals surface area contributed by atoms with E-state index in [4.69, 9.17) is 0 Å². The summed E-state index contributed by atoms with van der Waals surface area (Å²) < 4.78 is 0. The molecule has 1 fully saturated rings. The molecular weight excluding hydrogens is 262 g/mol. The number of aromatic nitrogens is 2. The molecule has 0 amide bonds. The van der Waals surface area contributed by atoms with Crippen molar-refractivity contribution in [3.8, 4) is 0 Å². The lowest BCUT2D eigenvalue weighted by Gasteiger charge is -2.29. The van der Waals surface area contributed by atoms with Crippen LogP contribution in [0, 0.1) is 6.92 Å². The molecule has 2 aromatic rings. The highest BCUT2D eigenvalue weighted by Gasteiger charge is 2.23. The monoisotopic (exact) mass is 284 g/mol. The van der Waals surface area contributed by atoms with Gasteiger partial charge in [-0.05, 0) is 18.4 Å². The lowest BCUT2D eigenvalue weighted by Crippen LogP contribution is -3.11. The van der Waals surface area contributed by atoms with Crippen molar-refractivity contribution in [1.29, 1.82) is 0 Å². The fourth-order valence-electron chi connectivity index (χ4n) is 3.25. The first-order chi connectivity index (χ1) is 10.2. The van der Waals surface area contributed by atoms with Crippen LogP contribution in [-0.2, 0) is 6.54 Å². The van der Waals surface area contributed by atoms with Gasteiger partial charge in [-0.3, -0.25) is 4.79 Å². The van der Waals surface area contributed by atoms with E-state index in [0.717, 1.165) is 25.3 Å². The third-order valence-corrected chi connectivity index (χ3v) is 4.31. The minimum Gasteiger partial charge on any atom is -0.330 e. The summed E-state index contributed by atoms with van der Waals surface area (Å²) in [7, 11) is 0. The summed E-state index contributed by atoms with van der Waals surface area (Å²) in [5, 5.41) is 0. The van der Waals surface area contributed by atoms with Crippen LogP contribution in [0.25, 0.3) is 0 Å². The molecule has 0 aliphatic carbocycles. The predicted octanol–water partition coefficient (Wildman–Crippen LogP) is 1.04. The van der Waals surface area contributed by atoms with Crippen molar-refractivity contribution in [2.45, 2.75) is 32.2 Å². The van der Waals surface area contributed by atoms with E-state index in [1.54, 1.807) is 6.07 Å². The fourth-order valence-corrected chi connectivity index (χ4v) is 3.25. The number of nitrogens with one attached hydrogen (secondary N) is 2. The molecule has 21 heavy (non-hydrogen) atoms. The quantitative estimate of drug-likeness (QED) is 0.885. The molecular formula is C17H22N3O+. The van der Waals surface area contributed by atoms with Gasteiger partial charge in [-0.1, -0.05) is 30.3 Å². The highest BCUT2D eigenvalue weighted by Crippen LogP contribution is 2.23. The van der Waals surface area contributed by atoms with E-state index >= 15 is 0 Å². The normalized spacial score (nSPS) is 22.1. The second kappa shape index (κ2) is 6.22. The van der Waals surface area contributed by atoms with Crippen molar-refractivity contribution in [3.63, 3.8) is 0 Å². The van der Waals surface area contributed by atoms with Crippen LogP contribution in [0.2, 0.25) is 0 Å². The standard InChI is InChI=1S/C17H21N3O/c1-13-18-16(11-17(21)19-13)12-20-9-7-15(8-10-20)14-5-3-2-4-6-14/h2-6,11,15H,7-10,12H2,1H3,(H,18,19,21)/p+1. The molecule has 0 radical (unpaired) electrons. The number of aryl methyl sites for hydroxylation is 1. The smallest absolute Gasteiger partial charge is 0.251 e. The average molecular weight is 284 g/mol. The Bertz CT molecular complexity index is 643. The lowest BCUT2D eigenvalue weighted by atomic mass is 9.89. The second-order valence-electron chi connectivity index (χ2n) is 5.93. The number of likely N-dealkylation sites (tertiary alicyclic amines) is 1. The summed E-state index contributed by atoms with van der Waals surface area (Å²) in [6.45, 7) is 4.98. The van der Waals surface area contributed by atoms with Crippen LogP contribution >= 0.6 is 0 Å². The van der Waals surface area contributed by atoms with Crippen molar-refractivity contribution >= 4 is 0 Å². The number of hydrogen-bond donors (Lipinski definition) is 2. The zero-order valence-electron chi connectivity index (χ0n) is 12.4. The Morgan fingerprint density at radius 1 is 1.24 bits per heavy atom. The van der Waals surface area contributed by atoms with Gasteiger partial charge in [0.05, 0.1) is 13.1 Å².